The molecule has 1 aromatic rings. The Morgan fingerprint density at radius 3 is 2.50 bits per heavy atom. The van der Waals surface area contributed by atoms with Crippen LogP contribution < -0.4 is 15.4 Å². The Bertz CT molecular complexity index is 737. The van der Waals surface area contributed by atoms with E-state index in [0.717, 1.165) is 4.90 Å². The molecule has 1 fully saturated rings. The van der Waals surface area contributed by atoms with E-state index < -0.39 is 29.7 Å². The summed E-state index contributed by atoms with van der Waals surface area (Å²) >= 11 is 0. The van der Waals surface area contributed by atoms with Gasteiger partial charge in [-0.05, 0) is 25.6 Å². The molecule has 166 valence electrons. The van der Waals surface area contributed by atoms with E-state index >= 15 is 0 Å². The number of ether oxygens (including phenoxy) is 2. The number of carbonyl (C=O) groups excluding carboxylic acids is 4. The van der Waals surface area contributed by atoms with Crippen molar-refractivity contribution in [2.75, 3.05) is 33.4 Å². The van der Waals surface area contributed by atoms with Gasteiger partial charge in [-0.2, -0.15) is 0 Å². The van der Waals surface area contributed by atoms with Gasteiger partial charge in [0.2, 0.25) is 17.7 Å². The van der Waals surface area contributed by atoms with Crippen molar-refractivity contribution in [2.24, 2.45) is 0 Å². The summed E-state index contributed by atoms with van der Waals surface area (Å²) in [7, 11) is 1.82. The quantitative estimate of drug-likeness (QED) is 0.454. The molecule has 1 unspecified atom stereocenters. The van der Waals surface area contributed by atoms with E-state index in [4.69, 9.17) is 9.47 Å². The highest BCUT2D eigenvalue weighted by Crippen LogP contribution is 2.23. The largest absolute Gasteiger partial charge is 0.490 e. The fourth-order valence-electron chi connectivity index (χ4n) is 2.82. The maximum atomic E-state index is 13.0. The van der Waals surface area contributed by atoms with Crippen LogP contribution in [0.5, 0.6) is 5.75 Å². The predicted octanol–water partition coefficient (Wildman–Crippen LogP) is 1.12. The van der Waals surface area contributed by atoms with Gasteiger partial charge in [0, 0.05) is 19.9 Å². The fraction of sp³-hybridized carbons (Fsp3) is 0.524. The molecule has 0 aliphatic carbocycles. The summed E-state index contributed by atoms with van der Waals surface area (Å²) in [4.78, 5) is 49.5. The molecule has 4 amide bonds. The number of para-hydroxylation sites is 1. The lowest BCUT2D eigenvalue weighted by Gasteiger charge is -2.31. The minimum atomic E-state index is -1.03. The number of benzene rings is 1. The highest BCUT2D eigenvalue weighted by molar-refractivity contribution is 6.10. The first-order valence-electron chi connectivity index (χ1n) is 10.1. The van der Waals surface area contributed by atoms with E-state index in [9.17, 15) is 19.2 Å². The molecule has 0 spiro atoms. The molecule has 9 heteroatoms. The summed E-state index contributed by atoms with van der Waals surface area (Å²) in [5.41, 5.74) is 0.164. The van der Waals surface area contributed by atoms with Crippen LogP contribution in [0.25, 0.3) is 0 Å². The lowest BCUT2D eigenvalue weighted by molar-refractivity contribution is -0.142. The molecular formula is C21H31N3O6. The van der Waals surface area contributed by atoms with E-state index in [1.807, 2.05) is 20.9 Å². The first kappa shape index (κ1) is 25.3. The molecule has 1 saturated heterocycles. The second-order valence-electron chi connectivity index (χ2n) is 6.22. The lowest BCUT2D eigenvalue weighted by Crippen LogP contribution is -2.55. The third kappa shape index (κ3) is 7.23. The summed E-state index contributed by atoms with van der Waals surface area (Å²) in [6, 6.07) is 5.47. The average molecular weight is 421 g/mol. The van der Waals surface area contributed by atoms with Gasteiger partial charge in [0.15, 0.2) is 0 Å². The van der Waals surface area contributed by atoms with Gasteiger partial charge in [0.1, 0.15) is 18.4 Å². The average Bonchev–Trinajstić information content (AvgIpc) is 2.74. The monoisotopic (exact) mass is 421 g/mol. The third-order valence-electron chi connectivity index (χ3n) is 4.18. The van der Waals surface area contributed by atoms with E-state index in [0.29, 0.717) is 25.5 Å². The highest BCUT2D eigenvalue weighted by Gasteiger charge is 2.37. The first-order chi connectivity index (χ1) is 14.5. The standard InChI is InChI=1S/C19H25N3O6.C2H6/c1-13(23)22(15-7-8-17(24)21-18(15)25)19(26)14-5-3-4-6-16(14)28-12-11-27-10-9-20-2;1-2/h3-6,15,20H,7-12H2,1-2H3,(H,21,24,25);1-2H3. The number of hydrogen-bond donors (Lipinski definition) is 2. The smallest absolute Gasteiger partial charge is 0.264 e. The topological polar surface area (TPSA) is 114 Å². The van der Waals surface area contributed by atoms with Crippen molar-refractivity contribution in [3.63, 3.8) is 0 Å². The molecule has 1 aliphatic heterocycles. The Kier molecular flexibility index (Phi) is 11.3. The Morgan fingerprint density at radius 1 is 1.17 bits per heavy atom. The minimum Gasteiger partial charge on any atom is -0.490 e. The Labute approximate surface area is 177 Å². The van der Waals surface area contributed by atoms with Crippen molar-refractivity contribution in [3.8, 4) is 5.75 Å². The zero-order valence-electron chi connectivity index (χ0n) is 18.0. The van der Waals surface area contributed by atoms with E-state index in [1.54, 1.807) is 18.2 Å². The molecule has 0 radical (unpaired) electrons. The number of carbonyl (C=O) groups is 4. The Hall–Kier alpha value is -2.78. The van der Waals surface area contributed by atoms with Crippen LogP contribution >= 0.6 is 0 Å². The second-order valence-corrected chi connectivity index (χ2v) is 6.22. The van der Waals surface area contributed by atoms with Crippen LogP contribution in [0.2, 0.25) is 0 Å². The number of hydrogen-bond acceptors (Lipinski definition) is 7. The third-order valence-corrected chi connectivity index (χ3v) is 4.18. The molecular weight excluding hydrogens is 390 g/mol. The van der Waals surface area contributed by atoms with Crippen molar-refractivity contribution in [2.45, 2.75) is 39.7 Å². The number of rotatable bonds is 9. The maximum absolute atomic E-state index is 13.0. The van der Waals surface area contributed by atoms with Crippen LogP contribution in [0.3, 0.4) is 0 Å². The summed E-state index contributed by atoms with van der Waals surface area (Å²) < 4.78 is 11.0. The summed E-state index contributed by atoms with van der Waals surface area (Å²) in [5, 5.41) is 5.13. The van der Waals surface area contributed by atoms with Crippen LogP contribution in [0.15, 0.2) is 24.3 Å². The van der Waals surface area contributed by atoms with E-state index in [2.05, 4.69) is 10.6 Å². The zero-order valence-corrected chi connectivity index (χ0v) is 18.0. The van der Waals surface area contributed by atoms with Gasteiger partial charge in [-0.3, -0.25) is 29.4 Å². The predicted molar refractivity (Wildman–Crippen MR) is 111 cm³/mol. The highest BCUT2D eigenvalue weighted by atomic mass is 16.5. The van der Waals surface area contributed by atoms with Gasteiger partial charge >= 0.3 is 0 Å². The number of amides is 4. The van der Waals surface area contributed by atoms with Crippen molar-refractivity contribution < 1.29 is 28.7 Å². The molecule has 1 aromatic carbocycles. The van der Waals surface area contributed by atoms with Crippen LogP contribution in [0.1, 0.15) is 44.0 Å². The number of imide groups is 2. The van der Waals surface area contributed by atoms with Crippen LogP contribution in [-0.2, 0) is 19.1 Å². The molecule has 30 heavy (non-hydrogen) atoms. The number of piperidine rings is 1. The molecule has 1 aliphatic rings. The molecule has 2 rings (SSSR count). The normalized spacial score (nSPS) is 15.5. The first-order valence-corrected chi connectivity index (χ1v) is 10.1. The van der Waals surface area contributed by atoms with Crippen LogP contribution in [0, 0.1) is 0 Å². The fourth-order valence-corrected chi connectivity index (χ4v) is 2.82. The molecule has 2 N–H and O–H groups in total. The minimum absolute atomic E-state index is 0.0650. The van der Waals surface area contributed by atoms with Crippen molar-refractivity contribution in [1.29, 1.82) is 0 Å². The molecule has 1 heterocycles. The van der Waals surface area contributed by atoms with Crippen molar-refractivity contribution >= 4 is 23.6 Å². The van der Waals surface area contributed by atoms with Gasteiger partial charge in [-0.1, -0.05) is 26.0 Å². The number of likely N-dealkylation sites (N-methyl/N-ethyl adjacent to an activating group) is 1. The second kappa shape index (κ2) is 13.4. The summed E-state index contributed by atoms with van der Waals surface area (Å²) in [6.45, 7) is 7.03. The summed E-state index contributed by atoms with van der Waals surface area (Å²) in [6.07, 6.45) is 0.161. The Balaban J connectivity index is 0.00000218. The van der Waals surface area contributed by atoms with Crippen LogP contribution in [0.4, 0.5) is 0 Å². The van der Waals surface area contributed by atoms with Gasteiger partial charge in [0.25, 0.3) is 5.91 Å². The van der Waals surface area contributed by atoms with E-state index in [-0.39, 0.29) is 25.0 Å². The molecule has 1 atom stereocenters. The lowest BCUT2D eigenvalue weighted by atomic mass is 10.0. The van der Waals surface area contributed by atoms with Gasteiger partial charge in [-0.15, -0.1) is 0 Å². The van der Waals surface area contributed by atoms with Gasteiger partial charge < -0.3 is 14.8 Å². The molecule has 0 saturated carbocycles. The molecule has 9 nitrogen and oxygen atoms in total. The van der Waals surface area contributed by atoms with E-state index in [1.165, 1.54) is 13.0 Å². The van der Waals surface area contributed by atoms with Gasteiger partial charge in [0.05, 0.1) is 18.8 Å². The van der Waals surface area contributed by atoms with Crippen molar-refractivity contribution in [1.82, 2.24) is 15.5 Å². The summed E-state index contributed by atoms with van der Waals surface area (Å²) in [5.74, 6) is -2.00. The van der Waals surface area contributed by atoms with Crippen LogP contribution in [-0.4, -0.2) is 68.0 Å². The zero-order chi connectivity index (χ0) is 22.5. The number of nitrogens with zero attached hydrogens (tertiary/aromatic N) is 1. The SMILES string of the molecule is CC.CNCCOCCOc1ccccc1C(=O)N(C(C)=O)C1CCC(=O)NC1=O. The Morgan fingerprint density at radius 2 is 1.87 bits per heavy atom. The molecule has 0 bridgehead atoms. The molecule has 0 aromatic heterocycles. The number of nitrogens with one attached hydrogen (secondary N) is 2. The van der Waals surface area contributed by atoms with Crippen molar-refractivity contribution in [3.05, 3.63) is 29.8 Å². The maximum Gasteiger partial charge on any atom is 0.264 e. The van der Waals surface area contributed by atoms with Gasteiger partial charge in [-0.25, -0.2) is 0 Å².